The van der Waals surface area contributed by atoms with Gasteiger partial charge in [-0.1, -0.05) is 22.4 Å². The van der Waals surface area contributed by atoms with E-state index >= 15 is 0 Å². The highest BCUT2D eigenvalue weighted by molar-refractivity contribution is 9.10. The second-order valence-corrected chi connectivity index (χ2v) is 7.45. The van der Waals surface area contributed by atoms with E-state index in [1.807, 2.05) is 6.92 Å². The maximum Gasteiger partial charge on any atom is 0.302 e. The Bertz CT molecular complexity index is 577. The molecule has 1 fully saturated rings. The molecule has 1 aromatic carbocycles. The number of anilines is 1. The zero-order valence-corrected chi connectivity index (χ0v) is 14.0. The van der Waals surface area contributed by atoms with Gasteiger partial charge in [0.05, 0.1) is 12.8 Å². The normalized spacial score (nSPS) is 20.6. The van der Waals surface area contributed by atoms with Crippen LogP contribution in [0, 0.1) is 0 Å². The Morgan fingerprint density at radius 1 is 1.40 bits per heavy atom. The summed E-state index contributed by atoms with van der Waals surface area (Å²) in [6, 6.07) is 5.26. The lowest BCUT2D eigenvalue weighted by Gasteiger charge is -2.32. The maximum atomic E-state index is 12.5. The number of hydrogen-bond donors (Lipinski definition) is 1. The number of ether oxygens (including phenoxy) is 1. The van der Waals surface area contributed by atoms with Crippen LogP contribution in [0.1, 0.15) is 26.2 Å². The van der Waals surface area contributed by atoms with Crippen LogP contribution >= 0.6 is 15.9 Å². The molecule has 1 N–H and O–H groups in total. The van der Waals surface area contributed by atoms with Gasteiger partial charge in [-0.2, -0.15) is 12.7 Å². The van der Waals surface area contributed by atoms with Crippen LogP contribution < -0.4 is 9.46 Å². The lowest BCUT2D eigenvalue weighted by Crippen LogP contribution is -2.44. The van der Waals surface area contributed by atoms with Gasteiger partial charge in [-0.05, 0) is 38.0 Å². The van der Waals surface area contributed by atoms with Crippen LogP contribution in [0.3, 0.4) is 0 Å². The standard InChI is InChI=1S/C13H19BrN2O3S/c1-10-5-3-4-8-16(10)20(17,18)15-12-9-11(14)6-7-13(12)19-2/h6-7,9-10,15H,3-5,8H2,1-2H3. The van der Waals surface area contributed by atoms with Crippen LogP contribution in [0.15, 0.2) is 22.7 Å². The first-order valence-electron chi connectivity index (χ1n) is 6.57. The van der Waals surface area contributed by atoms with E-state index in [1.165, 1.54) is 11.4 Å². The molecule has 112 valence electrons. The zero-order chi connectivity index (χ0) is 14.8. The minimum absolute atomic E-state index is 0.0272. The van der Waals surface area contributed by atoms with Crippen LogP contribution in [-0.2, 0) is 10.2 Å². The molecule has 20 heavy (non-hydrogen) atoms. The van der Waals surface area contributed by atoms with Gasteiger partial charge in [0.25, 0.3) is 0 Å². The third-order valence-electron chi connectivity index (χ3n) is 3.45. The van der Waals surface area contributed by atoms with E-state index in [0.29, 0.717) is 18.0 Å². The Balaban J connectivity index is 2.25. The fraction of sp³-hybridized carbons (Fsp3) is 0.538. The van der Waals surface area contributed by atoms with Crippen LogP contribution in [0.5, 0.6) is 5.75 Å². The first kappa shape index (κ1) is 15.6. The van der Waals surface area contributed by atoms with Crippen molar-refractivity contribution in [3.8, 4) is 5.75 Å². The average Bonchev–Trinajstić information content (AvgIpc) is 2.39. The number of piperidine rings is 1. The van der Waals surface area contributed by atoms with Crippen molar-refractivity contribution in [1.29, 1.82) is 0 Å². The number of nitrogens with zero attached hydrogens (tertiary/aromatic N) is 1. The Kier molecular flexibility index (Phi) is 4.93. The predicted molar refractivity (Wildman–Crippen MR) is 83.3 cm³/mol. The summed E-state index contributed by atoms with van der Waals surface area (Å²) in [5.74, 6) is 0.501. The molecule has 5 nitrogen and oxygen atoms in total. The highest BCUT2D eigenvalue weighted by atomic mass is 79.9. The summed E-state index contributed by atoms with van der Waals surface area (Å²) in [4.78, 5) is 0. The van der Waals surface area contributed by atoms with Gasteiger partial charge >= 0.3 is 10.2 Å². The summed E-state index contributed by atoms with van der Waals surface area (Å²) < 4.78 is 35.1. The molecule has 1 unspecified atom stereocenters. The van der Waals surface area contributed by atoms with Gasteiger partial charge in [-0.3, -0.25) is 4.72 Å². The minimum Gasteiger partial charge on any atom is -0.495 e. The average molecular weight is 363 g/mol. The summed E-state index contributed by atoms with van der Waals surface area (Å²) >= 11 is 3.34. The molecule has 7 heteroatoms. The van der Waals surface area contributed by atoms with E-state index in [9.17, 15) is 8.42 Å². The lowest BCUT2D eigenvalue weighted by molar-refractivity contribution is 0.270. The Labute approximate surface area is 128 Å². The first-order valence-corrected chi connectivity index (χ1v) is 8.80. The van der Waals surface area contributed by atoms with E-state index in [-0.39, 0.29) is 6.04 Å². The lowest BCUT2D eigenvalue weighted by atomic mass is 10.1. The summed E-state index contributed by atoms with van der Waals surface area (Å²) in [6.07, 6.45) is 2.88. The Morgan fingerprint density at radius 2 is 2.15 bits per heavy atom. The van der Waals surface area contributed by atoms with E-state index in [0.717, 1.165) is 23.7 Å². The molecule has 0 radical (unpaired) electrons. The van der Waals surface area contributed by atoms with E-state index < -0.39 is 10.2 Å². The van der Waals surface area contributed by atoms with Gasteiger partial charge in [0.1, 0.15) is 5.75 Å². The predicted octanol–water partition coefficient (Wildman–Crippen LogP) is 2.99. The summed E-state index contributed by atoms with van der Waals surface area (Å²) in [5, 5.41) is 0. The van der Waals surface area contributed by atoms with Gasteiger partial charge in [-0.15, -0.1) is 0 Å². The third-order valence-corrected chi connectivity index (χ3v) is 5.58. The molecule has 1 aromatic rings. The number of benzene rings is 1. The number of hydrogen-bond acceptors (Lipinski definition) is 3. The highest BCUT2D eigenvalue weighted by Gasteiger charge is 2.30. The Morgan fingerprint density at radius 3 is 2.80 bits per heavy atom. The zero-order valence-electron chi connectivity index (χ0n) is 11.6. The maximum absolute atomic E-state index is 12.5. The van der Waals surface area contributed by atoms with Crippen molar-refractivity contribution in [1.82, 2.24) is 4.31 Å². The molecule has 1 atom stereocenters. The van der Waals surface area contributed by atoms with Crippen molar-refractivity contribution in [3.63, 3.8) is 0 Å². The fourth-order valence-electron chi connectivity index (χ4n) is 2.39. The van der Waals surface area contributed by atoms with Crippen LogP contribution in [-0.4, -0.2) is 32.4 Å². The van der Waals surface area contributed by atoms with E-state index in [2.05, 4.69) is 20.7 Å². The molecule has 1 aliphatic rings. The van der Waals surface area contributed by atoms with Crippen LogP contribution in [0.25, 0.3) is 0 Å². The molecule has 0 amide bonds. The molecular weight excluding hydrogens is 344 g/mol. The molecule has 0 aromatic heterocycles. The number of nitrogens with one attached hydrogen (secondary N) is 1. The monoisotopic (exact) mass is 362 g/mol. The number of rotatable bonds is 4. The largest absolute Gasteiger partial charge is 0.495 e. The van der Waals surface area contributed by atoms with Crippen molar-refractivity contribution < 1.29 is 13.2 Å². The molecule has 1 aliphatic heterocycles. The molecule has 0 bridgehead atoms. The fourth-order valence-corrected chi connectivity index (χ4v) is 4.25. The summed E-state index contributed by atoms with van der Waals surface area (Å²) in [7, 11) is -2.03. The minimum atomic E-state index is -3.55. The second-order valence-electron chi connectivity index (χ2n) is 4.91. The van der Waals surface area contributed by atoms with Crippen molar-refractivity contribution >= 4 is 31.8 Å². The van der Waals surface area contributed by atoms with Crippen molar-refractivity contribution in [2.24, 2.45) is 0 Å². The highest BCUT2D eigenvalue weighted by Crippen LogP contribution is 2.30. The molecular formula is C13H19BrN2O3S. The van der Waals surface area contributed by atoms with Gasteiger partial charge < -0.3 is 4.74 Å². The van der Waals surface area contributed by atoms with Gasteiger partial charge in [0.2, 0.25) is 0 Å². The molecule has 0 spiro atoms. The summed E-state index contributed by atoms with van der Waals surface area (Å²) in [6.45, 7) is 2.50. The smallest absolute Gasteiger partial charge is 0.302 e. The first-order chi connectivity index (χ1) is 9.44. The van der Waals surface area contributed by atoms with Crippen LogP contribution in [0.2, 0.25) is 0 Å². The second kappa shape index (κ2) is 6.32. The van der Waals surface area contributed by atoms with E-state index in [1.54, 1.807) is 18.2 Å². The number of methoxy groups -OCH3 is 1. The van der Waals surface area contributed by atoms with E-state index in [4.69, 9.17) is 4.74 Å². The molecule has 0 aliphatic carbocycles. The SMILES string of the molecule is COc1ccc(Br)cc1NS(=O)(=O)N1CCCCC1C. The summed E-state index contributed by atoms with van der Waals surface area (Å²) in [5.41, 5.74) is 0.444. The Hall–Kier alpha value is -0.790. The molecule has 0 saturated carbocycles. The van der Waals surface area contributed by atoms with Crippen molar-refractivity contribution in [2.45, 2.75) is 32.2 Å². The molecule has 2 rings (SSSR count). The quantitative estimate of drug-likeness (QED) is 0.895. The number of halogens is 1. The van der Waals surface area contributed by atoms with Gasteiger partial charge in [0, 0.05) is 17.1 Å². The topological polar surface area (TPSA) is 58.6 Å². The molecule has 1 heterocycles. The van der Waals surface area contributed by atoms with Gasteiger partial charge in [-0.25, -0.2) is 0 Å². The van der Waals surface area contributed by atoms with Crippen LogP contribution in [0.4, 0.5) is 5.69 Å². The van der Waals surface area contributed by atoms with Crippen molar-refractivity contribution in [3.05, 3.63) is 22.7 Å². The third kappa shape index (κ3) is 3.45. The van der Waals surface area contributed by atoms with Gasteiger partial charge in [0.15, 0.2) is 0 Å². The van der Waals surface area contributed by atoms with Crippen molar-refractivity contribution in [2.75, 3.05) is 18.4 Å². The molecule has 1 saturated heterocycles.